The summed E-state index contributed by atoms with van der Waals surface area (Å²) in [6.45, 7) is 0.473. The number of benzene rings is 1. The Bertz CT molecular complexity index is 1560. The minimum Gasteiger partial charge on any atom is -0.362 e. The van der Waals surface area contributed by atoms with Crippen LogP contribution in [0.3, 0.4) is 0 Å². The van der Waals surface area contributed by atoms with Gasteiger partial charge in [0.2, 0.25) is 15.8 Å². The lowest BCUT2D eigenvalue weighted by Gasteiger charge is -2.31. The first kappa shape index (κ1) is 27.6. The maximum Gasteiger partial charge on any atom is 0.360 e. The van der Waals surface area contributed by atoms with Crippen molar-refractivity contribution in [3.8, 4) is 0 Å². The van der Waals surface area contributed by atoms with Crippen molar-refractivity contribution in [2.24, 2.45) is 10.2 Å². The van der Waals surface area contributed by atoms with Crippen LogP contribution in [0.4, 0.5) is 17.2 Å². The van der Waals surface area contributed by atoms with Gasteiger partial charge in [-0.3, -0.25) is 25.0 Å². The number of carbonyl (C=O) groups excluding carboxylic acids is 1. The number of nitrogens with zero attached hydrogens (tertiary/aromatic N) is 7. The number of pyridine rings is 1. The van der Waals surface area contributed by atoms with E-state index in [1.54, 1.807) is 6.07 Å². The van der Waals surface area contributed by atoms with E-state index in [4.69, 9.17) is 0 Å². The fourth-order valence-corrected chi connectivity index (χ4v) is 6.65. The van der Waals surface area contributed by atoms with Crippen LogP contribution in [0.1, 0.15) is 28.1 Å². The molecule has 3 aromatic rings. The first-order chi connectivity index (χ1) is 18.6. The second kappa shape index (κ2) is 12.0. The van der Waals surface area contributed by atoms with E-state index in [0.717, 1.165) is 11.3 Å². The van der Waals surface area contributed by atoms with Crippen LogP contribution < -0.4 is 10.2 Å². The summed E-state index contributed by atoms with van der Waals surface area (Å²) in [5, 5.41) is 32.2. The molecule has 4 rings (SSSR count). The monoisotopic (exact) mass is 573 g/mol. The maximum atomic E-state index is 13.1. The van der Waals surface area contributed by atoms with E-state index in [-0.39, 0.29) is 52.6 Å². The Morgan fingerprint density at radius 2 is 1.82 bits per heavy atom. The molecule has 0 unspecified atom stereocenters. The number of nitro benzene ring substituents is 1. The molecule has 2 aromatic heterocycles. The van der Waals surface area contributed by atoms with Gasteiger partial charge in [-0.05, 0) is 43.2 Å². The van der Waals surface area contributed by atoms with Gasteiger partial charge in [0.25, 0.3) is 15.7 Å². The van der Waals surface area contributed by atoms with Gasteiger partial charge in [0.15, 0.2) is 6.54 Å². The van der Waals surface area contributed by atoms with Crippen molar-refractivity contribution >= 4 is 44.5 Å². The summed E-state index contributed by atoms with van der Waals surface area (Å²) in [5.74, 6) is -0.569. The number of hydrogen-bond donors (Lipinski definition) is 1. The molecule has 17 heteroatoms. The molecular formula is C22H21N8O7S2+. The first-order valence-electron chi connectivity index (χ1n) is 11.5. The fourth-order valence-electron chi connectivity index (χ4n) is 3.76. The van der Waals surface area contributed by atoms with Crippen LogP contribution in [0.25, 0.3) is 0 Å². The average molecular weight is 574 g/mol. The van der Waals surface area contributed by atoms with E-state index >= 15 is 0 Å². The third kappa shape index (κ3) is 6.71. The van der Waals surface area contributed by atoms with Gasteiger partial charge in [-0.1, -0.05) is 0 Å². The topological polar surface area (TPSA) is 204 Å². The molecule has 202 valence electrons. The number of non-ortho nitro benzene ring substituents is 1. The van der Waals surface area contributed by atoms with Crippen molar-refractivity contribution in [3.05, 3.63) is 85.4 Å². The van der Waals surface area contributed by atoms with Gasteiger partial charge in [0.1, 0.15) is 9.32 Å². The van der Waals surface area contributed by atoms with Gasteiger partial charge in [-0.2, -0.15) is 4.31 Å². The molecule has 0 atom stereocenters. The molecule has 0 aliphatic carbocycles. The van der Waals surface area contributed by atoms with Crippen molar-refractivity contribution < 1.29 is 23.1 Å². The SMILES string of the molecule is O=C(N=[N+]=NCc1ccc(S(=O)(=O)N2CCC(Nc3ncccc3[N+](=O)[O-])CC2)s1)c1ccc([N+](=O)[O-])cc1. The van der Waals surface area contributed by atoms with Crippen LogP contribution >= 0.6 is 11.3 Å². The van der Waals surface area contributed by atoms with Gasteiger partial charge in [-0.15, -0.1) is 11.3 Å². The third-order valence-electron chi connectivity index (χ3n) is 5.76. The van der Waals surface area contributed by atoms with Crippen molar-refractivity contribution in [2.45, 2.75) is 29.6 Å². The Morgan fingerprint density at radius 1 is 1.10 bits per heavy atom. The zero-order valence-corrected chi connectivity index (χ0v) is 21.7. The summed E-state index contributed by atoms with van der Waals surface area (Å²) >= 11 is 1.03. The Balaban J connectivity index is 1.32. The molecule has 1 fully saturated rings. The normalized spacial score (nSPS) is 14.3. The molecule has 15 nitrogen and oxygen atoms in total. The number of nitrogens with one attached hydrogen (secondary N) is 1. The van der Waals surface area contributed by atoms with Crippen LogP contribution in [0.5, 0.6) is 0 Å². The lowest BCUT2D eigenvalue weighted by Crippen LogP contribution is -2.42. The summed E-state index contributed by atoms with van der Waals surface area (Å²) in [7, 11) is -3.75. The Hall–Kier alpha value is -4.44. The summed E-state index contributed by atoms with van der Waals surface area (Å²) in [6.07, 6.45) is 2.35. The summed E-state index contributed by atoms with van der Waals surface area (Å²) in [6, 6.07) is 10.6. The lowest BCUT2D eigenvalue weighted by molar-refractivity contribution is -0.384. The van der Waals surface area contributed by atoms with Crippen LogP contribution in [0.2, 0.25) is 0 Å². The second-order valence-electron chi connectivity index (χ2n) is 8.27. The summed E-state index contributed by atoms with van der Waals surface area (Å²) in [5.41, 5.74) is -0.186. The van der Waals surface area contributed by atoms with E-state index < -0.39 is 25.8 Å². The van der Waals surface area contributed by atoms with Crippen LogP contribution in [0.15, 0.2) is 69.2 Å². The fraction of sp³-hybridized carbons (Fsp3) is 0.273. The highest BCUT2D eigenvalue weighted by molar-refractivity contribution is 7.91. The summed E-state index contributed by atoms with van der Waals surface area (Å²) in [4.78, 5) is 40.9. The van der Waals surface area contributed by atoms with Crippen LogP contribution in [-0.4, -0.2) is 52.6 Å². The Morgan fingerprint density at radius 3 is 2.49 bits per heavy atom. The van der Waals surface area contributed by atoms with Crippen molar-refractivity contribution in [3.63, 3.8) is 0 Å². The summed E-state index contributed by atoms with van der Waals surface area (Å²) < 4.78 is 27.7. The molecule has 1 saturated heterocycles. The smallest absolute Gasteiger partial charge is 0.360 e. The van der Waals surface area contributed by atoms with Crippen LogP contribution in [0, 0.1) is 20.2 Å². The second-order valence-corrected chi connectivity index (χ2v) is 11.6. The molecule has 3 heterocycles. The van der Waals surface area contributed by atoms with E-state index in [2.05, 4.69) is 25.4 Å². The number of aromatic nitrogens is 1. The van der Waals surface area contributed by atoms with E-state index in [9.17, 15) is 33.4 Å². The largest absolute Gasteiger partial charge is 0.362 e. The Kier molecular flexibility index (Phi) is 8.46. The van der Waals surface area contributed by atoms with E-state index in [0.29, 0.717) is 17.7 Å². The number of amides is 1. The standard InChI is InChI=1S/C22H21N8O7S2/c31-22(15-3-5-17(6-4-15)29(32)33)26-27-24-14-18-7-8-20(38-18)39(36,37)28-12-9-16(10-13-28)25-21-19(30(34)35)2-1-11-23-21/h1-8,11,16H,9-10,12-14H2,(H,23,25)/q+1. The van der Waals surface area contributed by atoms with Crippen LogP contribution in [-0.2, 0) is 16.6 Å². The minimum absolute atomic E-state index is 0.00603. The average Bonchev–Trinajstić information content (AvgIpc) is 3.41. The first-order valence-corrected chi connectivity index (χ1v) is 13.7. The number of sulfonamides is 1. The molecule has 1 aliphatic heterocycles. The molecule has 1 N–H and O–H groups in total. The Labute approximate surface area is 225 Å². The molecule has 0 radical (unpaired) electrons. The predicted octanol–water partition coefficient (Wildman–Crippen LogP) is 3.54. The molecule has 1 amide bonds. The zero-order valence-electron chi connectivity index (χ0n) is 20.1. The quantitative estimate of drug-likeness (QED) is 0.172. The van der Waals surface area contributed by atoms with E-state index in [1.165, 1.54) is 53.0 Å². The highest BCUT2D eigenvalue weighted by atomic mass is 32.2. The van der Waals surface area contributed by atoms with Gasteiger partial charge >= 0.3 is 11.6 Å². The molecular weight excluding hydrogens is 552 g/mol. The third-order valence-corrected chi connectivity index (χ3v) is 9.20. The molecule has 0 bridgehead atoms. The number of piperidine rings is 1. The molecule has 0 spiro atoms. The molecule has 1 aliphatic rings. The predicted molar refractivity (Wildman–Crippen MR) is 139 cm³/mol. The van der Waals surface area contributed by atoms with Gasteiger partial charge < -0.3 is 5.32 Å². The number of thiophene rings is 1. The molecule has 0 saturated carbocycles. The highest BCUT2D eigenvalue weighted by Gasteiger charge is 2.31. The van der Waals surface area contributed by atoms with Crippen molar-refractivity contribution in [1.29, 1.82) is 0 Å². The number of carbonyl (C=O) groups is 1. The number of nitro groups is 2. The number of rotatable bonds is 9. The molecule has 39 heavy (non-hydrogen) atoms. The van der Waals surface area contributed by atoms with Gasteiger partial charge in [0.05, 0.1) is 9.85 Å². The van der Waals surface area contributed by atoms with Gasteiger partial charge in [0, 0.05) is 54.0 Å². The number of anilines is 1. The maximum absolute atomic E-state index is 13.1. The lowest BCUT2D eigenvalue weighted by atomic mass is 10.1. The minimum atomic E-state index is -3.75. The van der Waals surface area contributed by atoms with Gasteiger partial charge in [-0.25, -0.2) is 13.4 Å². The number of hydrogen-bond acceptors (Lipinski definition) is 11. The van der Waals surface area contributed by atoms with Crippen molar-refractivity contribution in [1.82, 2.24) is 14.2 Å². The molecule has 1 aromatic carbocycles. The highest BCUT2D eigenvalue weighted by Crippen LogP contribution is 2.29. The van der Waals surface area contributed by atoms with E-state index in [1.807, 2.05) is 0 Å². The van der Waals surface area contributed by atoms with Crippen molar-refractivity contribution in [2.75, 3.05) is 18.4 Å². The zero-order chi connectivity index (χ0) is 28.0.